The third-order valence-electron chi connectivity index (χ3n) is 5.10. The van der Waals surface area contributed by atoms with Crippen molar-refractivity contribution in [3.63, 3.8) is 0 Å². The summed E-state index contributed by atoms with van der Waals surface area (Å²) in [4.78, 5) is 15.7. The number of hydrogen-bond donors (Lipinski definition) is 1. The van der Waals surface area contributed by atoms with Crippen molar-refractivity contribution in [3.8, 4) is 11.4 Å². The first-order valence-electron chi connectivity index (χ1n) is 8.78. The molecule has 1 aliphatic carbocycles. The minimum absolute atomic E-state index is 0.0185. The van der Waals surface area contributed by atoms with Crippen LogP contribution >= 0.6 is 0 Å². The monoisotopic (exact) mass is 374 g/mol. The van der Waals surface area contributed by atoms with Gasteiger partial charge in [0, 0.05) is 11.6 Å². The summed E-state index contributed by atoms with van der Waals surface area (Å²) in [6.07, 6.45) is -0.738. The molecule has 0 atom stereocenters. The smallest absolute Gasteiger partial charge is 0.417 e. The Hall–Kier alpha value is -2.83. The first-order valence-corrected chi connectivity index (χ1v) is 8.78. The Morgan fingerprint density at radius 3 is 2.48 bits per heavy atom. The molecule has 0 amide bonds. The molecule has 1 aromatic heterocycles. The fourth-order valence-corrected chi connectivity index (χ4v) is 3.88. The maximum absolute atomic E-state index is 13.6. The third-order valence-corrected chi connectivity index (χ3v) is 5.10. The molecule has 0 aliphatic heterocycles. The van der Waals surface area contributed by atoms with Crippen molar-refractivity contribution in [2.45, 2.75) is 37.9 Å². The van der Waals surface area contributed by atoms with Crippen molar-refractivity contribution in [2.24, 2.45) is 0 Å². The van der Waals surface area contributed by atoms with E-state index in [-0.39, 0.29) is 23.0 Å². The fourth-order valence-electron chi connectivity index (χ4n) is 3.88. The van der Waals surface area contributed by atoms with Crippen molar-refractivity contribution in [2.75, 3.05) is 0 Å². The predicted molar refractivity (Wildman–Crippen MR) is 94.6 cm³/mol. The molecule has 4 nitrogen and oxygen atoms in total. The van der Waals surface area contributed by atoms with Crippen LogP contribution in [0.15, 0.2) is 42.5 Å². The maximum Gasteiger partial charge on any atom is 0.417 e. The Morgan fingerprint density at radius 2 is 1.81 bits per heavy atom. The molecular formula is C20H17F3N2O2. The van der Waals surface area contributed by atoms with Crippen LogP contribution < -0.4 is 0 Å². The standard InChI is InChI=1S/C20H17F3N2O2/c21-20(22,23)15-8-4-3-7-14(15)18-24-16-11-12(19(26)27)9-10-17(16)25(18)13-5-1-2-6-13/h3-4,7-11,13H,1-2,5-6H2,(H,26,27). The number of nitrogens with zero attached hydrogens (tertiary/aromatic N) is 2. The molecule has 1 saturated carbocycles. The number of benzene rings is 2. The Kier molecular flexibility index (Phi) is 4.17. The van der Waals surface area contributed by atoms with Crippen LogP contribution in [0.4, 0.5) is 13.2 Å². The van der Waals surface area contributed by atoms with E-state index in [2.05, 4.69) is 4.98 Å². The van der Waals surface area contributed by atoms with Crippen LogP contribution in [0.3, 0.4) is 0 Å². The SMILES string of the molecule is O=C(O)c1ccc2c(c1)nc(-c1ccccc1C(F)(F)F)n2C1CCCC1. The number of alkyl halides is 3. The Bertz CT molecular complexity index is 1020. The van der Waals surface area contributed by atoms with E-state index in [4.69, 9.17) is 0 Å². The van der Waals surface area contributed by atoms with E-state index in [1.807, 2.05) is 4.57 Å². The van der Waals surface area contributed by atoms with Gasteiger partial charge >= 0.3 is 12.1 Å². The average Bonchev–Trinajstić information content (AvgIpc) is 3.27. The van der Waals surface area contributed by atoms with Gasteiger partial charge in [-0.3, -0.25) is 0 Å². The van der Waals surface area contributed by atoms with Crippen LogP contribution in [-0.2, 0) is 6.18 Å². The Balaban J connectivity index is 2.00. The summed E-state index contributed by atoms with van der Waals surface area (Å²) in [7, 11) is 0. The van der Waals surface area contributed by atoms with Gasteiger partial charge in [0.15, 0.2) is 0 Å². The van der Waals surface area contributed by atoms with E-state index in [0.29, 0.717) is 11.0 Å². The Morgan fingerprint density at radius 1 is 1.11 bits per heavy atom. The molecule has 1 N–H and O–H groups in total. The molecule has 0 bridgehead atoms. The fraction of sp³-hybridized carbons (Fsp3) is 0.300. The van der Waals surface area contributed by atoms with Gasteiger partial charge in [-0.25, -0.2) is 9.78 Å². The summed E-state index contributed by atoms with van der Waals surface area (Å²) in [5, 5.41) is 9.22. The molecule has 1 heterocycles. The van der Waals surface area contributed by atoms with E-state index < -0.39 is 17.7 Å². The van der Waals surface area contributed by atoms with E-state index in [9.17, 15) is 23.1 Å². The summed E-state index contributed by atoms with van der Waals surface area (Å²) in [5.41, 5.74) is 0.407. The van der Waals surface area contributed by atoms with Crippen molar-refractivity contribution >= 4 is 17.0 Å². The molecule has 2 aromatic carbocycles. The van der Waals surface area contributed by atoms with Gasteiger partial charge in [0.1, 0.15) is 5.82 Å². The summed E-state index contributed by atoms with van der Waals surface area (Å²) in [5.74, 6) is -0.850. The van der Waals surface area contributed by atoms with Gasteiger partial charge in [-0.05, 0) is 37.1 Å². The van der Waals surface area contributed by atoms with Crippen LogP contribution in [0, 0.1) is 0 Å². The van der Waals surface area contributed by atoms with Gasteiger partial charge in [0.05, 0.1) is 22.2 Å². The molecule has 0 radical (unpaired) electrons. The number of aromatic carboxylic acids is 1. The topological polar surface area (TPSA) is 55.1 Å². The second-order valence-electron chi connectivity index (χ2n) is 6.80. The first kappa shape index (κ1) is 17.6. The second-order valence-corrected chi connectivity index (χ2v) is 6.80. The van der Waals surface area contributed by atoms with E-state index in [1.165, 1.54) is 24.3 Å². The molecular weight excluding hydrogens is 357 g/mol. The Labute approximate surface area is 153 Å². The van der Waals surface area contributed by atoms with Crippen LogP contribution in [-0.4, -0.2) is 20.6 Å². The largest absolute Gasteiger partial charge is 0.478 e. The third kappa shape index (κ3) is 3.07. The molecule has 0 spiro atoms. The lowest BCUT2D eigenvalue weighted by Crippen LogP contribution is -2.11. The molecule has 3 aromatic rings. The highest BCUT2D eigenvalue weighted by Crippen LogP contribution is 2.41. The van der Waals surface area contributed by atoms with Crippen molar-refractivity contribution < 1.29 is 23.1 Å². The number of carbonyl (C=O) groups is 1. The number of hydrogen-bond acceptors (Lipinski definition) is 2. The van der Waals surface area contributed by atoms with Crippen LogP contribution in [0.1, 0.15) is 47.6 Å². The molecule has 0 saturated heterocycles. The maximum atomic E-state index is 13.6. The molecule has 140 valence electrons. The summed E-state index contributed by atoms with van der Waals surface area (Å²) < 4.78 is 42.5. The van der Waals surface area contributed by atoms with Crippen molar-refractivity contribution in [1.29, 1.82) is 0 Å². The summed E-state index contributed by atoms with van der Waals surface area (Å²) in [6.45, 7) is 0. The number of carboxylic acid groups (broad SMARTS) is 1. The normalized spacial score (nSPS) is 15.5. The molecule has 1 fully saturated rings. The number of imidazole rings is 1. The zero-order chi connectivity index (χ0) is 19.2. The highest BCUT2D eigenvalue weighted by molar-refractivity contribution is 5.93. The minimum atomic E-state index is -4.50. The quantitative estimate of drug-likeness (QED) is 0.655. The van der Waals surface area contributed by atoms with Gasteiger partial charge in [-0.2, -0.15) is 13.2 Å². The van der Waals surface area contributed by atoms with E-state index >= 15 is 0 Å². The van der Waals surface area contributed by atoms with Crippen molar-refractivity contribution in [1.82, 2.24) is 9.55 Å². The molecule has 1 aliphatic rings. The lowest BCUT2D eigenvalue weighted by Gasteiger charge is -2.19. The second kappa shape index (κ2) is 6.40. The lowest BCUT2D eigenvalue weighted by molar-refractivity contribution is -0.137. The van der Waals surface area contributed by atoms with Gasteiger partial charge in [-0.15, -0.1) is 0 Å². The van der Waals surface area contributed by atoms with Gasteiger partial charge in [-0.1, -0.05) is 31.0 Å². The molecule has 27 heavy (non-hydrogen) atoms. The minimum Gasteiger partial charge on any atom is -0.478 e. The summed E-state index contributed by atoms with van der Waals surface area (Å²) >= 11 is 0. The van der Waals surface area contributed by atoms with Crippen molar-refractivity contribution in [3.05, 3.63) is 53.6 Å². The van der Waals surface area contributed by atoms with Crippen LogP contribution in [0.5, 0.6) is 0 Å². The van der Waals surface area contributed by atoms with Gasteiger partial charge in [0.25, 0.3) is 0 Å². The summed E-state index contributed by atoms with van der Waals surface area (Å²) in [6, 6.07) is 9.98. The predicted octanol–water partition coefficient (Wildman–Crippen LogP) is 5.54. The number of fused-ring (bicyclic) bond motifs is 1. The number of aromatic nitrogens is 2. The highest BCUT2D eigenvalue weighted by Gasteiger charge is 2.35. The highest BCUT2D eigenvalue weighted by atomic mass is 19.4. The van der Waals surface area contributed by atoms with E-state index in [1.54, 1.807) is 12.1 Å². The molecule has 7 heteroatoms. The average molecular weight is 374 g/mol. The van der Waals surface area contributed by atoms with E-state index in [0.717, 1.165) is 31.7 Å². The number of rotatable bonds is 3. The zero-order valence-corrected chi connectivity index (χ0v) is 14.3. The van der Waals surface area contributed by atoms with Crippen LogP contribution in [0.25, 0.3) is 22.4 Å². The number of carboxylic acids is 1. The molecule has 4 rings (SSSR count). The first-order chi connectivity index (χ1) is 12.9. The van der Waals surface area contributed by atoms with Crippen LogP contribution in [0.2, 0.25) is 0 Å². The van der Waals surface area contributed by atoms with Gasteiger partial charge < -0.3 is 9.67 Å². The van der Waals surface area contributed by atoms with Gasteiger partial charge in [0.2, 0.25) is 0 Å². The number of halogens is 3. The zero-order valence-electron chi connectivity index (χ0n) is 14.3. The molecule has 0 unspecified atom stereocenters. The lowest BCUT2D eigenvalue weighted by atomic mass is 10.1.